The van der Waals surface area contributed by atoms with E-state index in [2.05, 4.69) is 18.3 Å². The lowest BCUT2D eigenvalue weighted by molar-refractivity contribution is -0.116. The maximum Gasteiger partial charge on any atom is 0.224 e. The fraction of sp³-hybridized carbons (Fsp3) is 0.312. The first-order valence-corrected chi connectivity index (χ1v) is 6.94. The quantitative estimate of drug-likeness (QED) is 0.901. The summed E-state index contributed by atoms with van der Waals surface area (Å²) in [7, 11) is 0. The summed E-state index contributed by atoms with van der Waals surface area (Å²) >= 11 is 0. The molecule has 1 aromatic carbocycles. The molecule has 0 saturated carbocycles. The van der Waals surface area contributed by atoms with Crippen molar-refractivity contribution < 1.29 is 9.21 Å². The number of furan rings is 1. The van der Waals surface area contributed by atoms with Crippen LogP contribution in [0.1, 0.15) is 42.0 Å². The maximum absolute atomic E-state index is 11.4. The van der Waals surface area contributed by atoms with Crippen LogP contribution in [-0.2, 0) is 17.6 Å². The van der Waals surface area contributed by atoms with Crippen LogP contribution in [-0.4, -0.2) is 5.91 Å². The smallest absolute Gasteiger partial charge is 0.224 e. The number of nitrogens with one attached hydrogen (secondary N) is 1. The number of hydrogen-bond donors (Lipinski definition) is 2. The van der Waals surface area contributed by atoms with Crippen LogP contribution in [0.4, 0.5) is 5.69 Å². The summed E-state index contributed by atoms with van der Waals surface area (Å²) in [6.45, 7) is 2.05. The molecule has 20 heavy (non-hydrogen) atoms. The van der Waals surface area contributed by atoms with Crippen molar-refractivity contribution in [1.82, 2.24) is 0 Å². The highest BCUT2D eigenvalue weighted by Crippen LogP contribution is 2.28. The van der Waals surface area contributed by atoms with Crippen molar-refractivity contribution in [3.05, 3.63) is 53.0 Å². The van der Waals surface area contributed by atoms with Gasteiger partial charge in [0.2, 0.25) is 5.91 Å². The number of rotatable bonds is 3. The third-order valence-corrected chi connectivity index (χ3v) is 3.72. The molecule has 0 saturated heterocycles. The van der Waals surface area contributed by atoms with Gasteiger partial charge >= 0.3 is 0 Å². The summed E-state index contributed by atoms with van der Waals surface area (Å²) in [5, 5.41) is 2.88. The zero-order valence-corrected chi connectivity index (χ0v) is 11.5. The minimum absolute atomic E-state index is 0.0770. The molecule has 2 heterocycles. The van der Waals surface area contributed by atoms with E-state index in [-0.39, 0.29) is 11.9 Å². The Morgan fingerprint density at radius 1 is 1.30 bits per heavy atom. The van der Waals surface area contributed by atoms with Gasteiger partial charge < -0.3 is 15.5 Å². The van der Waals surface area contributed by atoms with E-state index in [1.165, 1.54) is 0 Å². The molecule has 4 nitrogen and oxygen atoms in total. The molecule has 3 N–H and O–H groups in total. The second-order valence-corrected chi connectivity index (χ2v) is 5.10. The Bertz CT molecular complexity index is 646. The standard InChI is InChI=1S/C16H18N2O2/c1-2-12-5-7-14(20-12)16(17)11-3-6-13-10(9-11)4-8-15(19)18-13/h3,5-7,9,16H,2,4,8,17H2,1H3,(H,18,19). The molecule has 3 rings (SSSR count). The fourth-order valence-electron chi connectivity index (χ4n) is 2.51. The van der Waals surface area contributed by atoms with Crippen molar-refractivity contribution in [2.24, 2.45) is 5.73 Å². The van der Waals surface area contributed by atoms with E-state index in [4.69, 9.17) is 10.2 Å². The summed E-state index contributed by atoms with van der Waals surface area (Å²) < 4.78 is 5.72. The number of nitrogens with two attached hydrogens (primary N) is 1. The Labute approximate surface area is 118 Å². The van der Waals surface area contributed by atoms with Crippen molar-refractivity contribution in [3.63, 3.8) is 0 Å². The van der Waals surface area contributed by atoms with Gasteiger partial charge in [0.05, 0.1) is 6.04 Å². The normalized spacial score (nSPS) is 15.6. The van der Waals surface area contributed by atoms with E-state index in [1.54, 1.807) is 0 Å². The summed E-state index contributed by atoms with van der Waals surface area (Å²) in [6, 6.07) is 9.57. The molecule has 0 fully saturated rings. The summed E-state index contributed by atoms with van der Waals surface area (Å²) in [6.07, 6.45) is 2.16. The third kappa shape index (κ3) is 2.34. The second kappa shape index (κ2) is 5.13. The van der Waals surface area contributed by atoms with Gasteiger partial charge in [0.1, 0.15) is 11.5 Å². The van der Waals surface area contributed by atoms with Gasteiger partial charge in [-0.1, -0.05) is 19.1 Å². The van der Waals surface area contributed by atoms with Gasteiger partial charge in [-0.05, 0) is 35.7 Å². The lowest BCUT2D eigenvalue weighted by atomic mass is 9.97. The van der Waals surface area contributed by atoms with E-state index in [9.17, 15) is 4.79 Å². The fourth-order valence-corrected chi connectivity index (χ4v) is 2.51. The summed E-state index contributed by atoms with van der Waals surface area (Å²) in [5.74, 6) is 1.80. The highest BCUT2D eigenvalue weighted by atomic mass is 16.3. The van der Waals surface area contributed by atoms with Crippen LogP contribution in [0.5, 0.6) is 0 Å². The molecule has 1 aromatic heterocycles. The number of carbonyl (C=O) groups is 1. The van der Waals surface area contributed by atoms with Crippen LogP contribution in [0, 0.1) is 0 Å². The number of carbonyl (C=O) groups excluding carboxylic acids is 1. The molecule has 1 aliphatic rings. The molecule has 4 heteroatoms. The van der Waals surface area contributed by atoms with Crippen molar-refractivity contribution in [3.8, 4) is 0 Å². The Morgan fingerprint density at radius 3 is 2.90 bits per heavy atom. The highest BCUT2D eigenvalue weighted by Gasteiger charge is 2.18. The molecule has 1 amide bonds. The molecular formula is C16H18N2O2. The minimum Gasteiger partial charge on any atom is -0.464 e. The highest BCUT2D eigenvalue weighted by molar-refractivity contribution is 5.93. The van der Waals surface area contributed by atoms with Gasteiger partial charge in [-0.25, -0.2) is 0 Å². The SMILES string of the molecule is CCc1ccc(C(N)c2ccc3c(c2)CCC(=O)N3)o1. The zero-order chi connectivity index (χ0) is 14.1. The largest absolute Gasteiger partial charge is 0.464 e. The average Bonchev–Trinajstić information content (AvgIpc) is 2.95. The lowest BCUT2D eigenvalue weighted by Crippen LogP contribution is -2.20. The van der Waals surface area contributed by atoms with E-state index in [1.807, 2.05) is 24.3 Å². The van der Waals surface area contributed by atoms with Crippen LogP contribution in [0.2, 0.25) is 0 Å². The van der Waals surface area contributed by atoms with Crippen molar-refractivity contribution >= 4 is 11.6 Å². The predicted molar refractivity (Wildman–Crippen MR) is 77.5 cm³/mol. The molecule has 0 aliphatic carbocycles. The third-order valence-electron chi connectivity index (χ3n) is 3.72. The Balaban J connectivity index is 1.88. The monoisotopic (exact) mass is 270 g/mol. The van der Waals surface area contributed by atoms with Crippen molar-refractivity contribution in [2.45, 2.75) is 32.2 Å². The average molecular weight is 270 g/mol. The number of aryl methyl sites for hydroxylation is 2. The van der Waals surface area contributed by atoms with Crippen LogP contribution in [0.3, 0.4) is 0 Å². The van der Waals surface area contributed by atoms with Crippen LogP contribution in [0.15, 0.2) is 34.7 Å². The van der Waals surface area contributed by atoms with E-state index in [0.717, 1.165) is 41.2 Å². The summed E-state index contributed by atoms with van der Waals surface area (Å²) in [4.78, 5) is 11.4. The number of benzene rings is 1. The van der Waals surface area contributed by atoms with Crippen molar-refractivity contribution in [2.75, 3.05) is 5.32 Å². The van der Waals surface area contributed by atoms with Gasteiger partial charge in [-0.3, -0.25) is 4.79 Å². The Hall–Kier alpha value is -2.07. The first-order valence-electron chi connectivity index (χ1n) is 6.94. The molecule has 2 aromatic rings. The van der Waals surface area contributed by atoms with Gasteiger partial charge in [-0.15, -0.1) is 0 Å². The van der Waals surface area contributed by atoms with Gasteiger partial charge in [0.25, 0.3) is 0 Å². The van der Waals surface area contributed by atoms with E-state index < -0.39 is 0 Å². The number of hydrogen-bond acceptors (Lipinski definition) is 3. The first kappa shape index (κ1) is 12.9. The molecule has 1 unspecified atom stereocenters. The molecule has 0 spiro atoms. The minimum atomic E-state index is -0.266. The Kier molecular flexibility index (Phi) is 3.32. The molecular weight excluding hydrogens is 252 g/mol. The predicted octanol–water partition coefficient (Wildman–Crippen LogP) is 2.77. The molecule has 1 aliphatic heterocycles. The number of fused-ring (bicyclic) bond motifs is 1. The number of anilines is 1. The van der Waals surface area contributed by atoms with Crippen LogP contribution >= 0.6 is 0 Å². The maximum atomic E-state index is 11.4. The van der Waals surface area contributed by atoms with Crippen LogP contribution < -0.4 is 11.1 Å². The van der Waals surface area contributed by atoms with Crippen LogP contribution in [0.25, 0.3) is 0 Å². The van der Waals surface area contributed by atoms with Crippen molar-refractivity contribution in [1.29, 1.82) is 0 Å². The topological polar surface area (TPSA) is 68.3 Å². The molecule has 0 bridgehead atoms. The molecule has 1 atom stereocenters. The molecule has 0 radical (unpaired) electrons. The zero-order valence-electron chi connectivity index (χ0n) is 11.5. The number of amides is 1. The van der Waals surface area contributed by atoms with Gasteiger partial charge in [0.15, 0.2) is 0 Å². The lowest BCUT2D eigenvalue weighted by Gasteiger charge is -2.19. The van der Waals surface area contributed by atoms with E-state index in [0.29, 0.717) is 6.42 Å². The van der Waals surface area contributed by atoms with E-state index >= 15 is 0 Å². The first-order chi connectivity index (χ1) is 9.67. The van der Waals surface area contributed by atoms with Gasteiger partial charge in [0, 0.05) is 18.5 Å². The summed E-state index contributed by atoms with van der Waals surface area (Å²) in [5.41, 5.74) is 9.31. The van der Waals surface area contributed by atoms with Gasteiger partial charge in [-0.2, -0.15) is 0 Å². The molecule has 104 valence electrons. The second-order valence-electron chi connectivity index (χ2n) is 5.10. The Morgan fingerprint density at radius 2 is 2.15 bits per heavy atom.